The lowest BCUT2D eigenvalue weighted by Gasteiger charge is -2.07. The molecule has 0 saturated carbocycles. The van der Waals surface area contributed by atoms with Crippen LogP contribution in [0.25, 0.3) is 0 Å². The first-order valence-electron chi connectivity index (χ1n) is 6.99. The van der Waals surface area contributed by atoms with Crippen LogP contribution >= 0.6 is 0 Å². The smallest absolute Gasteiger partial charge is 0.126 e. The van der Waals surface area contributed by atoms with Gasteiger partial charge in [0.05, 0.1) is 12.1 Å². The van der Waals surface area contributed by atoms with Crippen LogP contribution in [0.4, 0.5) is 5.82 Å². The number of nitrogens with one attached hydrogen (secondary N) is 1. The van der Waals surface area contributed by atoms with Crippen molar-refractivity contribution in [1.82, 2.24) is 14.8 Å². The third-order valence-electron chi connectivity index (χ3n) is 3.29. The second-order valence-corrected chi connectivity index (χ2v) is 4.92. The van der Waals surface area contributed by atoms with Gasteiger partial charge in [-0.2, -0.15) is 10.4 Å². The molecule has 0 aliphatic rings. The Labute approximate surface area is 128 Å². The number of anilines is 1. The van der Waals surface area contributed by atoms with E-state index in [0.717, 1.165) is 12.4 Å². The molecule has 0 atom stereocenters. The molecule has 0 aliphatic carbocycles. The van der Waals surface area contributed by atoms with Gasteiger partial charge in [-0.1, -0.05) is 24.3 Å². The van der Waals surface area contributed by atoms with Crippen molar-refractivity contribution in [3.63, 3.8) is 0 Å². The van der Waals surface area contributed by atoms with Crippen molar-refractivity contribution in [3.05, 3.63) is 77.7 Å². The minimum absolute atomic E-state index is 0.563. The maximum absolute atomic E-state index is 8.74. The molecule has 3 aromatic rings. The van der Waals surface area contributed by atoms with Crippen LogP contribution in [-0.2, 0) is 13.1 Å². The monoisotopic (exact) mass is 289 g/mol. The Morgan fingerprint density at radius 3 is 2.55 bits per heavy atom. The molecule has 0 fully saturated rings. The number of pyridine rings is 1. The Morgan fingerprint density at radius 1 is 1.09 bits per heavy atom. The highest BCUT2D eigenvalue weighted by Gasteiger charge is 1.98. The highest BCUT2D eigenvalue weighted by Crippen LogP contribution is 2.09. The number of aromatic nitrogens is 3. The van der Waals surface area contributed by atoms with Crippen molar-refractivity contribution < 1.29 is 0 Å². The molecular weight excluding hydrogens is 274 g/mol. The van der Waals surface area contributed by atoms with Crippen molar-refractivity contribution in [1.29, 1.82) is 5.26 Å². The minimum Gasteiger partial charge on any atom is -0.366 e. The summed E-state index contributed by atoms with van der Waals surface area (Å²) in [7, 11) is 0. The average molecular weight is 289 g/mol. The van der Waals surface area contributed by atoms with Crippen LogP contribution in [0.2, 0.25) is 0 Å². The van der Waals surface area contributed by atoms with Crippen LogP contribution in [-0.4, -0.2) is 14.8 Å². The second kappa shape index (κ2) is 6.55. The summed E-state index contributed by atoms with van der Waals surface area (Å²) >= 11 is 0. The van der Waals surface area contributed by atoms with Gasteiger partial charge in [0, 0.05) is 25.1 Å². The van der Waals surface area contributed by atoms with Crippen molar-refractivity contribution in [3.8, 4) is 6.07 Å². The van der Waals surface area contributed by atoms with Crippen LogP contribution in [0.5, 0.6) is 0 Å². The first kappa shape index (κ1) is 13.8. The summed E-state index contributed by atoms with van der Waals surface area (Å²) in [6.07, 6.45) is 5.30. The van der Waals surface area contributed by atoms with E-state index in [1.807, 2.05) is 23.0 Å². The van der Waals surface area contributed by atoms with Crippen LogP contribution in [0.3, 0.4) is 0 Å². The van der Waals surface area contributed by atoms with Crippen LogP contribution in [0.15, 0.2) is 61.1 Å². The molecule has 5 heteroatoms. The van der Waals surface area contributed by atoms with Crippen molar-refractivity contribution in [2.24, 2.45) is 0 Å². The molecule has 0 unspecified atom stereocenters. The van der Waals surface area contributed by atoms with Crippen molar-refractivity contribution >= 4 is 5.82 Å². The van der Waals surface area contributed by atoms with Crippen molar-refractivity contribution in [2.45, 2.75) is 13.1 Å². The minimum atomic E-state index is 0.563. The fraction of sp³-hybridized carbons (Fsp3) is 0.118. The second-order valence-electron chi connectivity index (χ2n) is 4.92. The van der Waals surface area contributed by atoms with Crippen molar-refractivity contribution in [2.75, 3.05) is 5.32 Å². The molecule has 2 aromatic heterocycles. The molecule has 0 bridgehead atoms. The number of benzene rings is 1. The molecule has 1 aromatic carbocycles. The van der Waals surface area contributed by atoms with Gasteiger partial charge in [0.1, 0.15) is 11.9 Å². The Balaban J connectivity index is 1.57. The summed E-state index contributed by atoms with van der Waals surface area (Å²) in [6, 6.07) is 15.9. The van der Waals surface area contributed by atoms with E-state index in [-0.39, 0.29) is 0 Å². The van der Waals surface area contributed by atoms with Crippen LogP contribution < -0.4 is 5.32 Å². The first-order chi connectivity index (χ1) is 10.8. The molecule has 0 amide bonds. The van der Waals surface area contributed by atoms with Gasteiger partial charge in [-0.3, -0.25) is 4.68 Å². The lowest BCUT2D eigenvalue weighted by atomic mass is 10.1. The first-order valence-corrected chi connectivity index (χ1v) is 6.99. The molecule has 5 nitrogen and oxygen atoms in total. The summed E-state index contributed by atoms with van der Waals surface area (Å²) in [4.78, 5) is 4.19. The lowest BCUT2D eigenvalue weighted by molar-refractivity contribution is 0.686. The van der Waals surface area contributed by atoms with Gasteiger partial charge in [-0.15, -0.1) is 0 Å². The van der Waals surface area contributed by atoms with Gasteiger partial charge >= 0.3 is 0 Å². The van der Waals surface area contributed by atoms with E-state index < -0.39 is 0 Å². The third kappa shape index (κ3) is 3.49. The SMILES string of the molecule is N#Cc1ccc(NCc2ccc(Cn3cccn3)cc2)nc1. The zero-order valence-corrected chi connectivity index (χ0v) is 12.0. The van der Waals surface area contributed by atoms with Gasteiger partial charge in [-0.05, 0) is 29.3 Å². The van der Waals surface area contributed by atoms with E-state index in [9.17, 15) is 0 Å². The molecule has 108 valence electrons. The van der Waals surface area contributed by atoms with Gasteiger partial charge in [-0.25, -0.2) is 4.98 Å². The molecule has 0 saturated heterocycles. The zero-order valence-electron chi connectivity index (χ0n) is 12.0. The Bertz CT molecular complexity index is 752. The maximum Gasteiger partial charge on any atom is 0.126 e. The summed E-state index contributed by atoms with van der Waals surface area (Å²) < 4.78 is 1.90. The average Bonchev–Trinajstić information content (AvgIpc) is 3.08. The fourth-order valence-corrected chi connectivity index (χ4v) is 2.10. The summed E-state index contributed by atoms with van der Waals surface area (Å²) in [6.45, 7) is 1.47. The van der Waals surface area contributed by atoms with Gasteiger partial charge < -0.3 is 5.32 Å². The summed E-state index contributed by atoms with van der Waals surface area (Å²) in [5.41, 5.74) is 2.95. The van der Waals surface area contributed by atoms with Gasteiger partial charge in [0.25, 0.3) is 0 Å². The van der Waals surface area contributed by atoms with E-state index in [0.29, 0.717) is 12.1 Å². The Hall–Kier alpha value is -3.13. The quantitative estimate of drug-likeness (QED) is 0.784. The Morgan fingerprint density at radius 2 is 1.91 bits per heavy atom. The molecule has 0 spiro atoms. The van der Waals surface area contributed by atoms with Gasteiger partial charge in [0.2, 0.25) is 0 Å². The largest absolute Gasteiger partial charge is 0.366 e. The molecule has 3 rings (SSSR count). The highest BCUT2D eigenvalue weighted by molar-refractivity contribution is 5.39. The van der Waals surface area contributed by atoms with Crippen LogP contribution in [0, 0.1) is 11.3 Å². The number of rotatable bonds is 5. The highest BCUT2D eigenvalue weighted by atomic mass is 15.3. The number of nitriles is 1. The summed E-state index contributed by atoms with van der Waals surface area (Å²) in [5.74, 6) is 0.764. The van der Waals surface area contributed by atoms with E-state index in [1.165, 1.54) is 11.1 Å². The van der Waals surface area contributed by atoms with E-state index in [2.05, 4.69) is 45.7 Å². The number of nitrogens with zero attached hydrogens (tertiary/aromatic N) is 4. The Kier molecular flexibility index (Phi) is 4.12. The third-order valence-corrected chi connectivity index (χ3v) is 3.29. The van der Waals surface area contributed by atoms with E-state index in [1.54, 1.807) is 18.5 Å². The number of hydrogen-bond acceptors (Lipinski definition) is 4. The van der Waals surface area contributed by atoms with E-state index >= 15 is 0 Å². The molecule has 22 heavy (non-hydrogen) atoms. The maximum atomic E-state index is 8.74. The predicted octanol–water partition coefficient (Wildman–Crippen LogP) is 2.81. The van der Waals surface area contributed by atoms with E-state index in [4.69, 9.17) is 5.26 Å². The predicted molar refractivity (Wildman–Crippen MR) is 84.0 cm³/mol. The number of hydrogen-bond donors (Lipinski definition) is 1. The topological polar surface area (TPSA) is 66.5 Å². The zero-order chi connectivity index (χ0) is 15.2. The van der Waals surface area contributed by atoms with Crippen LogP contribution in [0.1, 0.15) is 16.7 Å². The molecular formula is C17H15N5. The normalized spacial score (nSPS) is 10.1. The molecule has 0 aliphatic heterocycles. The molecule has 0 radical (unpaired) electrons. The lowest BCUT2D eigenvalue weighted by Crippen LogP contribution is -2.03. The standard InChI is InChI=1S/C17H15N5/c18-10-16-6-7-17(20-12-16)19-11-14-2-4-15(5-3-14)13-22-9-1-8-21-22/h1-9,12H,11,13H2,(H,19,20). The fourth-order valence-electron chi connectivity index (χ4n) is 2.10. The van der Waals surface area contributed by atoms with Gasteiger partial charge in [0.15, 0.2) is 0 Å². The molecule has 1 N–H and O–H groups in total. The summed E-state index contributed by atoms with van der Waals surface area (Å²) in [5, 5.41) is 16.2. The molecule has 2 heterocycles.